The molecule has 90 valence electrons. The summed E-state index contributed by atoms with van der Waals surface area (Å²) in [5, 5.41) is 10.1. The topological polar surface area (TPSA) is 55.8 Å². The van der Waals surface area contributed by atoms with Crippen molar-refractivity contribution in [2.45, 2.75) is 40.2 Å². The molecule has 1 N–H and O–H groups in total. The van der Waals surface area contributed by atoms with Crippen LogP contribution in [0.4, 0.5) is 0 Å². The Bertz CT molecular complexity index is 209. The standard InChI is InChI=1S/C11H22O4/c1-6-14-8-11(5,13)10(3,4)9(12)15-7-2/h13H,6-8H2,1-5H3. The Morgan fingerprint density at radius 2 is 1.73 bits per heavy atom. The minimum Gasteiger partial charge on any atom is -0.465 e. The van der Waals surface area contributed by atoms with Crippen LogP contribution in [0.3, 0.4) is 0 Å². The van der Waals surface area contributed by atoms with E-state index in [0.29, 0.717) is 13.2 Å². The second-order valence-corrected chi connectivity index (χ2v) is 4.26. The average Bonchev–Trinajstić information content (AvgIpc) is 2.15. The highest BCUT2D eigenvalue weighted by molar-refractivity contribution is 5.77. The SMILES string of the molecule is CCOCC(C)(O)C(C)(C)C(=O)OCC. The predicted octanol–water partition coefficient (Wildman–Crippen LogP) is 1.36. The van der Waals surface area contributed by atoms with Gasteiger partial charge >= 0.3 is 5.97 Å². The molecule has 0 aliphatic heterocycles. The van der Waals surface area contributed by atoms with Gasteiger partial charge in [-0.25, -0.2) is 0 Å². The molecule has 0 aromatic heterocycles. The summed E-state index contributed by atoms with van der Waals surface area (Å²) in [6.07, 6.45) is 0. The molecule has 1 unspecified atom stereocenters. The molecule has 0 fully saturated rings. The third-order valence-corrected chi connectivity index (χ3v) is 2.72. The second kappa shape index (κ2) is 5.47. The van der Waals surface area contributed by atoms with Gasteiger partial charge in [-0.3, -0.25) is 4.79 Å². The van der Waals surface area contributed by atoms with Crippen molar-refractivity contribution < 1.29 is 19.4 Å². The first-order chi connectivity index (χ1) is 6.79. The fourth-order valence-electron chi connectivity index (χ4n) is 1.01. The van der Waals surface area contributed by atoms with Gasteiger partial charge in [-0.1, -0.05) is 0 Å². The highest BCUT2D eigenvalue weighted by atomic mass is 16.5. The van der Waals surface area contributed by atoms with Crippen LogP contribution in [0.1, 0.15) is 34.6 Å². The largest absolute Gasteiger partial charge is 0.465 e. The van der Waals surface area contributed by atoms with E-state index in [1.807, 2.05) is 6.92 Å². The molecule has 0 radical (unpaired) electrons. The summed E-state index contributed by atoms with van der Waals surface area (Å²) in [5.41, 5.74) is -2.20. The van der Waals surface area contributed by atoms with Crippen LogP contribution in [-0.2, 0) is 14.3 Å². The maximum Gasteiger partial charge on any atom is 0.314 e. The van der Waals surface area contributed by atoms with Crippen molar-refractivity contribution >= 4 is 5.97 Å². The lowest BCUT2D eigenvalue weighted by Crippen LogP contribution is -2.51. The van der Waals surface area contributed by atoms with E-state index in [9.17, 15) is 9.90 Å². The number of aliphatic hydroxyl groups is 1. The smallest absolute Gasteiger partial charge is 0.314 e. The summed E-state index contributed by atoms with van der Waals surface area (Å²) in [7, 11) is 0. The normalized spacial score (nSPS) is 15.9. The number of carbonyl (C=O) groups excluding carboxylic acids is 1. The molecule has 0 aliphatic carbocycles. The van der Waals surface area contributed by atoms with Gasteiger partial charge in [0, 0.05) is 6.61 Å². The average molecular weight is 218 g/mol. The first kappa shape index (κ1) is 14.4. The maximum atomic E-state index is 11.6. The minimum atomic E-state index is -1.23. The molecule has 0 amide bonds. The van der Waals surface area contributed by atoms with Crippen molar-refractivity contribution in [3.63, 3.8) is 0 Å². The molecule has 0 aromatic rings. The molecular formula is C11H22O4. The Hall–Kier alpha value is -0.610. The van der Waals surface area contributed by atoms with E-state index in [-0.39, 0.29) is 6.61 Å². The van der Waals surface area contributed by atoms with Crippen molar-refractivity contribution in [2.75, 3.05) is 19.8 Å². The van der Waals surface area contributed by atoms with Gasteiger partial charge in [0.05, 0.1) is 18.6 Å². The molecule has 0 aromatic carbocycles. The summed E-state index contributed by atoms with van der Waals surface area (Å²) in [5.74, 6) is -0.408. The van der Waals surface area contributed by atoms with Gasteiger partial charge in [0.1, 0.15) is 5.60 Å². The maximum absolute atomic E-state index is 11.6. The lowest BCUT2D eigenvalue weighted by Gasteiger charge is -2.37. The predicted molar refractivity (Wildman–Crippen MR) is 57.5 cm³/mol. The van der Waals surface area contributed by atoms with Crippen molar-refractivity contribution in [2.24, 2.45) is 5.41 Å². The zero-order valence-corrected chi connectivity index (χ0v) is 10.3. The van der Waals surface area contributed by atoms with E-state index >= 15 is 0 Å². The summed E-state index contributed by atoms with van der Waals surface area (Å²) in [6.45, 7) is 9.42. The third kappa shape index (κ3) is 3.47. The molecule has 4 heteroatoms. The highest BCUT2D eigenvalue weighted by Gasteiger charge is 2.46. The molecule has 15 heavy (non-hydrogen) atoms. The summed E-state index contributed by atoms with van der Waals surface area (Å²) in [6, 6.07) is 0. The lowest BCUT2D eigenvalue weighted by atomic mass is 9.76. The molecule has 0 saturated heterocycles. The molecule has 4 nitrogen and oxygen atoms in total. The van der Waals surface area contributed by atoms with E-state index in [1.54, 1.807) is 27.7 Å². The second-order valence-electron chi connectivity index (χ2n) is 4.26. The van der Waals surface area contributed by atoms with E-state index in [1.165, 1.54) is 0 Å². The van der Waals surface area contributed by atoms with Gasteiger partial charge in [-0.2, -0.15) is 0 Å². The van der Waals surface area contributed by atoms with Crippen LogP contribution < -0.4 is 0 Å². The van der Waals surface area contributed by atoms with Crippen molar-refractivity contribution in [1.29, 1.82) is 0 Å². The molecule has 0 heterocycles. The molecule has 0 rings (SSSR count). The molecule has 0 spiro atoms. The van der Waals surface area contributed by atoms with Crippen molar-refractivity contribution in [3.8, 4) is 0 Å². The van der Waals surface area contributed by atoms with Gasteiger partial charge in [-0.05, 0) is 34.6 Å². The van der Waals surface area contributed by atoms with Crippen LogP contribution >= 0.6 is 0 Å². The van der Waals surface area contributed by atoms with Crippen LogP contribution in [0, 0.1) is 5.41 Å². The number of esters is 1. The van der Waals surface area contributed by atoms with E-state index < -0.39 is 17.0 Å². The summed E-state index contributed by atoms with van der Waals surface area (Å²) < 4.78 is 10.1. The Balaban J connectivity index is 4.59. The van der Waals surface area contributed by atoms with Crippen LogP contribution in [0.5, 0.6) is 0 Å². The summed E-state index contributed by atoms with van der Waals surface area (Å²) >= 11 is 0. The number of rotatable bonds is 6. The monoisotopic (exact) mass is 218 g/mol. The van der Waals surface area contributed by atoms with E-state index in [2.05, 4.69) is 0 Å². The number of ether oxygens (including phenoxy) is 2. The number of hydrogen-bond donors (Lipinski definition) is 1. The van der Waals surface area contributed by atoms with Gasteiger partial charge in [-0.15, -0.1) is 0 Å². The minimum absolute atomic E-state index is 0.120. The first-order valence-electron chi connectivity index (χ1n) is 5.27. The van der Waals surface area contributed by atoms with Crippen LogP contribution in [-0.4, -0.2) is 36.5 Å². The molecule has 0 saturated carbocycles. The zero-order valence-electron chi connectivity index (χ0n) is 10.3. The lowest BCUT2D eigenvalue weighted by molar-refractivity contribution is -0.175. The molecule has 1 atom stereocenters. The van der Waals surface area contributed by atoms with Gasteiger partial charge in [0.25, 0.3) is 0 Å². The van der Waals surface area contributed by atoms with Gasteiger partial charge in [0.15, 0.2) is 0 Å². The van der Waals surface area contributed by atoms with Crippen LogP contribution in [0.25, 0.3) is 0 Å². The Labute approximate surface area is 91.6 Å². The van der Waals surface area contributed by atoms with Gasteiger partial charge in [0.2, 0.25) is 0 Å². The van der Waals surface area contributed by atoms with Crippen LogP contribution in [0.15, 0.2) is 0 Å². The van der Waals surface area contributed by atoms with E-state index in [4.69, 9.17) is 9.47 Å². The Kier molecular flexibility index (Phi) is 5.24. The van der Waals surface area contributed by atoms with Crippen molar-refractivity contribution in [3.05, 3.63) is 0 Å². The molecule has 0 bridgehead atoms. The quantitative estimate of drug-likeness (QED) is 0.684. The fraction of sp³-hybridized carbons (Fsp3) is 0.909. The Morgan fingerprint density at radius 3 is 2.13 bits per heavy atom. The van der Waals surface area contributed by atoms with Gasteiger partial charge < -0.3 is 14.6 Å². The number of carbonyl (C=O) groups is 1. The van der Waals surface area contributed by atoms with Crippen molar-refractivity contribution in [1.82, 2.24) is 0 Å². The fourth-order valence-corrected chi connectivity index (χ4v) is 1.01. The van der Waals surface area contributed by atoms with E-state index in [0.717, 1.165) is 0 Å². The highest BCUT2D eigenvalue weighted by Crippen LogP contribution is 2.32. The summed E-state index contributed by atoms with van der Waals surface area (Å²) in [4.78, 5) is 11.6. The number of hydrogen-bond acceptors (Lipinski definition) is 4. The molecule has 0 aliphatic rings. The zero-order chi connectivity index (χ0) is 12.1. The molecular weight excluding hydrogens is 196 g/mol. The van der Waals surface area contributed by atoms with Crippen LogP contribution in [0.2, 0.25) is 0 Å². The third-order valence-electron chi connectivity index (χ3n) is 2.72. The first-order valence-corrected chi connectivity index (χ1v) is 5.27. The Morgan fingerprint density at radius 1 is 1.20 bits per heavy atom.